The summed E-state index contributed by atoms with van der Waals surface area (Å²) >= 11 is 3.25. The second kappa shape index (κ2) is 8.05. The summed E-state index contributed by atoms with van der Waals surface area (Å²) in [5.41, 5.74) is 0. The summed E-state index contributed by atoms with van der Waals surface area (Å²) in [4.78, 5) is 11.8. The third-order valence-corrected chi connectivity index (χ3v) is 5.32. The number of nitrogens with one attached hydrogen (secondary N) is 2. The predicted molar refractivity (Wildman–Crippen MR) is 85.9 cm³/mol. The Labute approximate surface area is 138 Å². The van der Waals surface area contributed by atoms with Gasteiger partial charge in [-0.2, -0.15) is 0 Å². The van der Waals surface area contributed by atoms with Gasteiger partial charge in [0.2, 0.25) is 15.9 Å². The first-order valence-corrected chi connectivity index (χ1v) is 9.38. The molecule has 1 aliphatic rings. The molecule has 6 nitrogen and oxygen atoms in total. The zero-order valence-electron chi connectivity index (χ0n) is 12.0. The van der Waals surface area contributed by atoms with E-state index in [1.54, 1.807) is 12.1 Å². The molecule has 0 bridgehead atoms. The first-order chi connectivity index (χ1) is 10.5. The van der Waals surface area contributed by atoms with Crippen molar-refractivity contribution >= 4 is 31.9 Å². The second-order valence-corrected chi connectivity index (χ2v) is 7.72. The van der Waals surface area contributed by atoms with E-state index in [1.165, 1.54) is 12.1 Å². The fourth-order valence-electron chi connectivity index (χ4n) is 2.12. The Morgan fingerprint density at radius 3 is 2.68 bits per heavy atom. The number of benzene rings is 1. The van der Waals surface area contributed by atoms with Gasteiger partial charge in [-0.3, -0.25) is 4.79 Å². The molecule has 0 saturated carbocycles. The number of amides is 1. The van der Waals surface area contributed by atoms with Crippen LogP contribution in [-0.2, 0) is 19.6 Å². The van der Waals surface area contributed by atoms with E-state index in [9.17, 15) is 13.2 Å². The Morgan fingerprint density at radius 1 is 1.32 bits per heavy atom. The van der Waals surface area contributed by atoms with Crippen LogP contribution < -0.4 is 10.0 Å². The molecule has 0 aliphatic carbocycles. The van der Waals surface area contributed by atoms with Gasteiger partial charge in [-0.1, -0.05) is 15.9 Å². The molecule has 0 spiro atoms. The number of carbonyl (C=O) groups excluding carboxylic acids is 1. The maximum Gasteiger partial charge on any atom is 0.240 e. The highest BCUT2D eigenvalue weighted by molar-refractivity contribution is 9.10. The Hall–Kier alpha value is -0.960. The van der Waals surface area contributed by atoms with Crippen molar-refractivity contribution in [3.8, 4) is 0 Å². The van der Waals surface area contributed by atoms with Crippen LogP contribution in [0.5, 0.6) is 0 Å². The van der Waals surface area contributed by atoms with Gasteiger partial charge in [0, 0.05) is 30.6 Å². The molecule has 1 heterocycles. The summed E-state index contributed by atoms with van der Waals surface area (Å²) in [5, 5.41) is 2.75. The van der Waals surface area contributed by atoms with Gasteiger partial charge in [0.05, 0.1) is 11.0 Å². The molecule has 1 aromatic carbocycles. The summed E-state index contributed by atoms with van der Waals surface area (Å²) in [6.07, 6.45) is 2.16. The molecule has 0 radical (unpaired) electrons. The average Bonchev–Trinajstić information content (AvgIpc) is 2.99. The maximum atomic E-state index is 12.0. The van der Waals surface area contributed by atoms with Crippen molar-refractivity contribution in [1.29, 1.82) is 0 Å². The molecular formula is C14H19BrN2O4S. The number of rotatable bonds is 7. The quantitative estimate of drug-likeness (QED) is 0.736. The number of halogens is 1. The smallest absolute Gasteiger partial charge is 0.240 e. The van der Waals surface area contributed by atoms with Gasteiger partial charge in [-0.05, 0) is 37.1 Å². The highest BCUT2D eigenvalue weighted by Gasteiger charge is 2.17. The molecule has 8 heteroatoms. The Balaban J connectivity index is 1.72. The van der Waals surface area contributed by atoms with Crippen molar-refractivity contribution in [1.82, 2.24) is 10.0 Å². The summed E-state index contributed by atoms with van der Waals surface area (Å²) < 4.78 is 32.7. The minimum Gasteiger partial charge on any atom is -0.376 e. The van der Waals surface area contributed by atoms with Crippen LogP contribution in [0, 0.1) is 0 Å². The number of sulfonamides is 1. The molecule has 1 fully saturated rings. The molecule has 1 atom stereocenters. The molecule has 2 rings (SSSR count). The molecule has 2 N–H and O–H groups in total. The molecule has 1 aliphatic heterocycles. The first kappa shape index (κ1) is 17.4. The van der Waals surface area contributed by atoms with Crippen molar-refractivity contribution in [2.45, 2.75) is 30.3 Å². The van der Waals surface area contributed by atoms with Gasteiger partial charge in [0.15, 0.2) is 0 Å². The first-order valence-electron chi connectivity index (χ1n) is 7.11. The SMILES string of the molecule is O=C(CCNS(=O)(=O)c1ccc(Br)cc1)NC[C@@H]1CCCO1. The normalized spacial score (nSPS) is 18.3. The van der Waals surface area contributed by atoms with Gasteiger partial charge in [-0.25, -0.2) is 13.1 Å². The van der Waals surface area contributed by atoms with Crippen LogP contribution in [0.2, 0.25) is 0 Å². The summed E-state index contributed by atoms with van der Waals surface area (Å²) in [6.45, 7) is 1.29. The lowest BCUT2D eigenvalue weighted by Crippen LogP contribution is -2.34. The summed E-state index contributed by atoms with van der Waals surface area (Å²) in [5.74, 6) is -0.186. The van der Waals surface area contributed by atoms with E-state index in [0.717, 1.165) is 23.9 Å². The molecular weight excluding hydrogens is 372 g/mol. The minimum atomic E-state index is -3.58. The van der Waals surface area contributed by atoms with Crippen LogP contribution in [0.15, 0.2) is 33.6 Å². The van der Waals surface area contributed by atoms with Gasteiger partial charge < -0.3 is 10.1 Å². The van der Waals surface area contributed by atoms with E-state index >= 15 is 0 Å². The fraction of sp³-hybridized carbons (Fsp3) is 0.500. The van der Waals surface area contributed by atoms with Crippen LogP contribution in [0.1, 0.15) is 19.3 Å². The highest BCUT2D eigenvalue weighted by atomic mass is 79.9. The Kier molecular flexibility index (Phi) is 6.37. The van der Waals surface area contributed by atoms with E-state index < -0.39 is 10.0 Å². The third-order valence-electron chi connectivity index (χ3n) is 3.32. The maximum absolute atomic E-state index is 12.0. The third kappa shape index (κ3) is 5.35. The Bertz CT molecular complexity index is 598. The molecule has 0 aromatic heterocycles. The number of hydrogen-bond donors (Lipinski definition) is 2. The fourth-order valence-corrected chi connectivity index (χ4v) is 3.41. The van der Waals surface area contributed by atoms with Crippen molar-refractivity contribution in [2.75, 3.05) is 19.7 Å². The molecule has 0 unspecified atom stereocenters. The second-order valence-electron chi connectivity index (χ2n) is 5.04. The van der Waals surface area contributed by atoms with Crippen LogP contribution in [0.25, 0.3) is 0 Å². The minimum absolute atomic E-state index is 0.0652. The summed E-state index contributed by atoms with van der Waals surface area (Å²) in [6, 6.07) is 6.32. The van der Waals surface area contributed by atoms with E-state index in [4.69, 9.17) is 4.74 Å². The van der Waals surface area contributed by atoms with Gasteiger partial charge in [0.25, 0.3) is 0 Å². The lowest BCUT2D eigenvalue weighted by Gasteiger charge is -2.11. The largest absolute Gasteiger partial charge is 0.376 e. The van der Waals surface area contributed by atoms with E-state index in [0.29, 0.717) is 6.54 Å². The van der Waals surface area contributed by atoms with Gasteiger partial charge >= 0.3 is 0 Å². The van der Waals surface area contributed by atoms with Crippen molar-refractivity contribution in [3.63, 3.8) is 0 Å². The highest BCUT2D eigenvalue weighted by Crippen LogP contribution is 2.14. The zero-order chi connectivity index (χ0) is 16.0. The standard InChI is InChI=1S/C14H19BrN2O4S/c15-11-3-5-13(6-4-11)22(19,20)17-8-7-14(18)16-10-12-2-1-9-21-12/h3-6,12,17H,1-2,7-10H2,(H,16,18)/t12-/m0/s1. The Morgan fingerprint density at radius 2 is 2.05 bits per heavy atom. The molecule has 1 amide bonds. The molecule has 122 valence electrons. The van der Waals surface area contributed by atoms with Crippen molar-refractivity contribution < 1.29 is 17.9 Å². The number of ether oxygens (including phenoxy) is 1. The lowest BCUT2D eigenvalue weighted by atomic mass is 10.2. The van der Waals surface area contributed by atoms with Crippen LogP contribution in [0.4, 0.5) is 0 Å². The van der Waals surface area contributed by atoms with Crippen LogP contribution in [-0.4, -0.2) is 40.1 Å². The summed E-state index contributed by atoms with van der Waals surface area (Å²) in [7, 11) is -3.58. The molecule has 22 heavy (non-hydrogen) atoms. The van der Waals surface area contributed by atoms with Crippen LogP contribution >= 0.6 is 15.9 Å². The monoisotopic (exact) mass is 390 g/mol. The number of carbonyl (C=O) groups is 1. The average molecular weight is 391 g/mol. The van der Waals surface area contributed by atoms with Crippen molar-refractivity contribution in [3.05, 3.63) is 28.7 Å². The van der Waals surface area contributed by atoms with Gasteiger partial charge in [-0.15, -0.1) is 0 Å². The number of hydrogen-bond acceptors (Lipinski definition) is 4. The zero-order valence-corrected chi connectivity index (χ0v) is 14.5. The van der Waals surface area contributed by atoms with Crippen molar-refractivity contribution in [2.24, 2.45) is 0 Å². The molecule has 1 aromatic rings. The van der Waals surface area contributed by atoms with E-state index in [2.05, 4.69) is 26.0 Å². The topological polar surface area (TPSA) is 84.5 Å². The molecule has 1 saturated heterocycles. The van der Waals surface area contributed by atoms with E-state index in [-0.39, 0.29) is 29.9 Å². The van der Waals surface area contributed by atoms with E-state index in [1.807, 2.05) is 0 Å². The predicted octanol–water partition coefficient (Wildman–Crippen LogP) is 1.41. The van der Waals surface area contributed by atoms with Crippen LogP contribution in [0.3, 0.4) is 0 Å². The lowest BCUT2D eigenvalue weighted by molar-refractivity contribution is -0.121. The van der Waals surface area contributed by atoms with Gasteiger partial charge in [0.1, 0.15) is 0 Å².